The van der Waals surface area contributed by atoms with Gasteiger partial charge in [0.15, 0.2) is 0 Å². The monoisotopic (exact) mass is 168 g/mol. The van der Waals surface area contributed by atoms with Crippen LogP contribution in [0.3, 0.4) is 0 Å². The maximum absolute atomic E-state index is 2.99. The molecular weight excluding hydrogens is 160 g/mol. The van der Waals surface area contributed by atoms with Gasteiger partial charge in [0.25, 0.3) is 0 Å². The summed E-state index contributed by atoms with van der Waals surface area (Å²) in [5.41, 5.74) is 0. The van der Waals surface area contributed by atoms with Crippen molar-refractivity contribution in [2.45, 2.75) is 6.42 Å². The second-order valence-corrected chi connectivity index (χ2v) is 1.00. The van der Waals surface area contributed by atoms with Crippen molar-refractivity contribution in [3.05, 3.63) is 31.7 Å². The van der Waals surface area contributed by atoms with E-state index in [2.05, 4.69) is 12.2 Å². The van der Waals surface area contributed by atoms with Gasteiger partial charge in [-0.1, -0.05) is 0 Å². The van der Waals surface area contributed by atoms with Crippen LogP contribution < -0.4 is 0 Å². The van der Waals surface area contributed by atoms with Crippen LogP contribution in [0, 0.1) is 13.5 Å². The summed E-state index contributed by atoms with van der Waals surface area (Å²) in [6, 6.07) is 0. The second kappa shape index (κ2) is 6.96. The molecule has 0 nitrogen and oxygen atoms in total. The molecule has 34 valence electrons. The summed E-state index contributed by atoms with van der Waals surface area (Å²) in [6.45, 7) is 0. The number of rotatable bonds is 0. The molecule has 0 N–H and O–H groups in total. The minimum atomic E-state index is 0. The molecule has 0 spiro atoms. The molecule has 0 aromatic rings. The predicted octanol–water partition coefficient (Wildman–Crippen LogP) is 1.38. The van der Waals surface area contributed by atoms with Gasteiger partial charge in [-0.25, -0.2) is 12.2 Å². The zero-order valence-corrected chi connectivity index (χ0v) is 8.12. The molecule has 7 heavy (non-hydrogen) atoms. The fourth-order valence-corrected chi connectivity index (χ4v) is 0.340. The third-order valence-electron chi connectivity index (χ3n) is 0.586. The molecule has 1 rings (SSSR count). The van der Waals surface area contributed by atoms with Crippen LogP contribution in [-0.2, 0) is 0 Å². The van der Waals surface area contributed by atoms with E-state index in [-0.39, 0.29) is 52.9 Å². The van der Waals surface area contributed by atoms with E-state index in [4.69, 9.17) is 0 Å². The molecule has 0 saturated carbocycles. The van der Waals surface area contributed by atoms with Gasteiger partial charge in [0.2, 0.25) is 0 Å². The van der Waals surface area contributed by atoms with E-state index >= 15 is 0 Å². The number of allylic oxidation sites excluding steroid dienone is 4. The third-order valence-corrected chi connectivity index (χ3v) is 0.586. The van der Waals surface area contributed by atoms with Gasteiger partial charge in [0.1, 0.15) is 0 Å². The minimum Gasteiger partial charge on any atom is -0.358 e. The van der Waals surface area contributed by atoms with E-state index in [1.165, 1.54) is 0 Å². The van der Waals surface area contributed by atoms with Gasteiger partial charge in [-0.2, -0.15) is 6.08 Å². The Morgan fingerprint density at radius 2 is 2.14 bits per heavy atom. The van der Waals surface area contributed by atoms with Crippen molar-refractivity contribution in [2.75, 3.05) is 0 Å². The van der Waals surface area contributed by atoms with Gasteiger partial charge < -0.3 is 7.43 Å². The maximum Gasteiger partial charge on any atom is 2.00 e. The molecule has 1 aliphatic carbocycles. The summed E-state index contributed by atoms with van der Waals surface area (Å²) in [5.74, 6) is 0. The summed E-state index contributed by atoms with van der Waals surface area (Å²) in [5, 5.41) is 0. The van der Waals surface area contributed by atoms with Gasteiger partial charge in [-0.15, -0.1) is 6.42 Å². The molecule has 0 aliphatic heterocycles. The number of hydrogen-bond donors (Lipinski definition) is 0. The molecule has 0 aromatic carbocycles. The van der Waals surface area contributed by atoms with Crippen LogP contribution in [-0.4, -0.2) is 45.5 Å². The average Bonchev–Trinajstić information content (AvgIpc) is 1.76. The molecule has 0 radical (unpaired) electrons. The van der Waals surface area contributed by atoms with E-state index in [0.717, 1.165) is 6.42 Å². The smallest absolute Gasteiger partial charge is 0.358 e. The maximum atomic E-state index is 2.99. The molecule has 0 amide bonds. The largest absolute Gasteiger partial charge is 2.00 e. The Morgan fingerprint density at radius 3 is 2.29 bits per heavy atom. The number of hydrogen-bond acceptors (Lipinski definition) is 0. The van der Waals surface area contributed by atoms with Crippen molar-refractivity contribution in [3.63, 3.8) is 0 Å². The van der Waals surface area contributed by atoms with Crippen molar-refractivity contribution in [1.82, 2.24) is 0 Å². The van der Waals surface area contributed by atoms with Gasteiger partial charge >= 0.3 is 45.5 Å². The van der Waals surface area contributed by atoms with E-state index in [0.29, 0.717) is 0 Å². The first-order valence-corrected chi connectivity index (χ1v) is 1.72. The molecule has 1 heteroatoms. The van der Waals surface area contributed by atoms with Crippen LogP contribution in [0.25, 0.3) is 0 Å². The van der Waals surface area contributed by atoms with Crippen LogP contribution in [0.5, 0.6) is 0 Å². The molecule has 0 heterocycles. The Balaban J connectivity index is 0. The van der Waals surface area contributed by atoms with E-state index in [1.54, 1.807) is 0 Å². The van der Waals surface area contributed by atoms with Crippen LogP contribution in [0.15, 0.2) is 18.2 Å². The Bertz CT molecular complexity index is 62.2. The second-order valence-electron chi connectivity index (χ2n) is 1.00. The van der Waals surface area contributed by atoms with Gasteiger partial charge in [0, 0.05) is 0 Å². The molecule has 0 atom stereocenters. The van der Waals surface area contributed by atoms with Crippen molar-refractivity contribution >= 4 is 45.5 Å². The summed E-state index contributed by atoms with van der Waals surface area (Å²) in [4.78, 5) is 0. The molecule has 0 unspecified atom stereocenters. The Kier molecular flexibility index (Phi) is 10.8. The Hall–Kier alpha value is 0.961. The van der Waals surface area contributed by atoms with Crippen LogP contribution >= 0.6 is 0 Å². The fourth-order valence-electron chi connectivity index (χ4n) is 0.340. The van der Waals surface area contributed by atoms with Gasteiger partial charge in [0.05, 0.1) is 0 Å². The quantitative estimate of drug-likeness (QED) is 0.378. The fraction of sp³-hybridized carbons (Fsp3) is 0.167. The summed E-state index contributed by atoms with van der Waals surface area (Å²) in [6.07, 6.45) is 10.0. The molecular formula is C6H8Sr. The Morgan fingerprint density at radius 1 is 1.43 bits per heavy atom. The van der Waals surface area contributed by atoms with Gasteiger partial charge in [-0.05, 0) is 0 Å². The standard InChI is InChI=1S/C5H5.CH3.Sr/c1-2-4-5-3-1;;/h1-3H,4H2;1H3;/q2*-1;+2. The molecule has 0 saturated heterocycles. The third kappa shape index (κ3) is 4.82. The van der Waals surface area contributed by atoms with Crippen LogP contribution in [0.2, 0.25) is 0 Å². The first-order chi connectivity index (χ1) is 2.50. The summed E-state index contributed by atoms with van der Waals surface area (Å²) >= 11 is 0. The van der Waals surface area contributed by atoms with Crippen molar-refractivity contribution in [1.29, 1.82) is 0 Å². The molecule has 0 fully saturated rings. The van der Waals surface area contributed by atoms with E-state index in [1.807, 2.05) is 12.2 Å². The van der Waals surface area contributed by atoms with Crippen molar-refractivity contribution < 1.29 is 0 Å². The van der Waals surface area contributed by atoms with Crippen molar-refractivity contribution in [3.8, 4) is 0 Å². The Labute approximate surface area is 82.6 Å². The molecule has 1 aliphatic rings. The van der Waals surface area contributed by atoms with Gasteiger partial charge in [-0.3, -0.25) is 6.08 Å². The van der Waals surface area contributed by atoms with Crippen molar-refractivity contribution in [2.24, 2.45) is 0 Å². The molecule has 0 bridgehead atoms. The SMILES string of the molecule is [C-]1=CC=CC1.[CH3-].[Sr+2]. The average molecular weight is 168 g/mol. The first kappa shape index (κ1) is 10.9. The van der Waals surface area contributed by atoms with E-state index < -0.39 is 0 Å². The minimum absolute atomic E-state index is 0. The predicted molar refractivity (Wildman–Crippen MR) is 33.7 cm³/mol. The normalized spacial score (nSPS) is 12.6. The van der Waals surface area contributed by atoms with E-state index in [9.17, 15) is 0 Å². The zero-order valence-electron chi connectivity index (χ0n) is 4.65. The summed E-state index contributed by atoms with van der Waals surface area (Å²) in [7, 11) is 0. The zero-order chi connectivity index (χ0) is 3.54. The summed E-state index contributed by atoms with van der Waals surface area (Å²) < 4.78 is 0. The topological polar surface area (TPSA) is 0 Å². The van der Waals surface area contributed by atoms with Crippen LogP contribution in [0.4, 0.5) is 0 Å². The molecule has 0 aromatic heterocycles. The first-order valence-electron chi connectivity index (χ1n) is 1.72. The van der Waals surface area contributed by atoms with Crippen LogP contribution in [0.1, 0.15) is 6.42 Å².